The first-order valence-corrected chi connectivity index (χ1v) is 4.28. The van der Waals surface area contributed by atoms with Gasteiger partial charge in [-0.2, -0.15) is 0 Å². The van der Waals surface area contributed by atoms with Crippen molar-refractivity contribution in [1.29, 1.82) is 0 Å². The summed E-state index contributed by atoms with van der Waals surface area (Å²) in [6, 6.07) is 0. The Balaban J connectivity index is 3.17. The molecule has 0 aromatic carbocycles. The van der Waals surface area contributed by atoms with Crippen LogP contribution in [0.3, 0.4) is 0 Å². The van der Waals surface area contributed by atoms with Gasteiger partial charge >= 0.3 is 0 Å². The molecule has 0 aliphatic rings. The van der Waals surface area contributed by atoms with Gasteiger partial charge in [-0.25, -0.2) is 0 Å². The highest BCUT2D eigenvalue weighted by molar-refractivity contribution is 4.91. The Morgan fingerprint density at radius 2 is 1.92 bits per heavy atom. The van der Waals surface area contributed by atoms with Gasteiger partial charge in [-0.05, 0) is 18.8 Å². The molecule has 0 saturated carbocycles. The SMILES string of the molecule is C=CC(C=C)CCCOCCO. The van der Waals surface area contributed by atoms with E-state index in [4.69, 9.17) is 9.84 Å². The van der Waals surface area contributed by atoms with E-state index in [0.717, 1.165) is 12.8 Å². The molecule has 0 aromatic rings. The highest BCUT2D eigenvalue weighted by atomic mass is 16.5. The summed E-state index contributed by atoms with van der Waals surface area (Å²) in [7, 11) is 0. The van der Waals surface area contributed by atoms with E-state index in [9.17, 15) is 0 Å². The Labute approximate surface area is 74.6 Å². The van der Waals surface area contributed by atoms with Crippen LogP contribution in [0.5, 0.6) is 0 Å². The lowest BCUT2D eigenvalue weighted by Gasteiger charge is -2.06. The molecule has 2 heteroatoms. The molecule has 0 rings (SSSR count). The molecule has 0 unspecified atom stereocenters. The summed E-state index contributed by atoms with van der Waals surface area (Å²) in [5.41, 5.74) is 0. The number of rotatable bonds is 8. The zero-order valence-electron chi connectivity index (χ0n) is 7.54. The number of hydrogen-bond donors (Lipinski definition) is 1. The lowest BCUT2D eigenvalue weighted by Crippen LogP contribution is -2.02. The van der Waals surface area contributed by atoms with Crippen molar-refractivity contribution in [1.82, 2.24) is 0 Å². The molecule has 0 saturated heterocycles. The second-order valence-corrected chi connectivity index (χ2v) is 2.61. The number of aliphatic hydroxyl groups is 1. The third kappa shape index (κ3) is 6.13. The maximum absolute atomic E-state index is 8.41. The van der Waals surface area contributed by atoms with E-state index in [2.05, 4.69) is 13.2 Å². The molecule has 0 atom stereocenters. The summed E-state index contributed by atoms with van der Waals surface area (Å²) >= 11 is 0. The van der Waals surface area contributed by atoms with Crippen LogP contribution in [0.2, 0.25) is 0 Å². The van der Waals surface area contributed by atoms with Crippen molar-refractivity contribution in [3.63, 3.8) is 0 Å². The quantitative estimate of drug-likeness (QED) is 0.444. The van der Waals surface area contributed by atoms with E-state index >= 15 is 0 Å². The molecule has 0 aromatic heterocycles. The molecule has 0 radical (unpaired) electrons. The predicted octanol–water partition coefficient (Wildman–Crippen LogP) is 1.76. The number of hydrogen-bond acceptors (Lipinski definition) is 2. The molecule has 0 aliphatic carbocycles. The molecule has 12 heavy (non-hydrogen) atoms. The maximum atomic E-state index is 8.41. The molecular formula is C10H18O2. The number of aliphatic hydroxyl groups excluding tert-OH is 1. The number of ether oxygens (including phenoxy) is 1. The normalized spacial score (nSPS) is 10.2. The van der Waals surface area contributed by atoms with Crippen molar-refractivity contribution in [3.8, 4) is 0 Å². The first-order chi connectivity index (χ1) is 5.85. The van der Waals surface area contributed by atoms with Crippen LogP contribution in [0.25, 0.3) is 0 Å². The van der Waals surface area contributed by atoms with E-state index in [-0.39, 0.29) is 6.61 Å². The molecule has 0 aliphatic heterocycles. The molecule has 2 nitrogen and oxygen atoms in total. The topological polar surface area (TPSA) is 29.5 Å². The van der Waals surface area contributed by atoms with Gasteiger partial charge in [-0.1, -0.05) is 12.2 Å². The molecule has 0 heterocycles. The van der Waals surface area contributed by atoms with Crippen LogP contribution in [0.15, 0.2) is 25.3 Å². The van der Waals surface area contributed by atoms with Crippen molar-refractivity contribution < 1.29 is 9.84 Å². The lowest BCUT2D eigenvalue weighted by molar-refractivity contribution is 0.0891. The van der Waals surface area contributed by atoms with E-state index in [1.165, 1.54) is 0 Å². The first kappa shape index (κ1) is 11.4. The van der Waals surface area contributed by atoms with E-state index < -0.39 is 0 Å². The second kappa shape index (κ2) is 8.50. The van der Waals surface area contributed by atoms with E-state index in [1.807, 2.05) is 12.2 Å². The average Bonchev–Trinajstić information content (AvgIpc) is 2.11. The van der Waals surface area contributed by atoms with Crippen LogP contribution >= 0.6 is 0 Å². The van der Waals surface area contributed by atoms with Gasteiger partial charge in [0.05, 0.1) is 13.2 Å². The fourth-order valence-corrected chi connectivity index (χ4v) is 0.920. The van der Waals surface area contributed by atoms with Crippen molar-refractivity contribution in [2.24, 2.45) is 5.92 Å². The van der Waals surface area contributed by atoms with E-state index in [1.54, 1.807) is 0 Å². The highest BCUT2D eigenvalue weighted by Crippen LogP contribution is 2.07. The minimum Gasteiger partial charge on any atom is -0.394 e. The Hall–Kier alpha value is -0.600. The van der Waals surface area contributed by atoms with Crippen LogP contribution in [0.4, 0.5) is 0 Å². The smallest absolute Gasteiger partial charge is 0.0697 e. The monoisotopic (exact) mass is 170 g/mol. The van der Waals surface area contributed by atoms with Gasteiger partial charge in [-0.15, -0.1) is 13.2 Å². The molecule has 0 spiro atoms. The van der Waals surface area contributed by atoms with Crippen molar-refractivity contribution in [2.75, 3.05) is 19.8 Å². The molecule has 0 amide bonds. The summed E-state index contributed by atoms with van der Waals surface area (Å²) in [5, 5.41) is 8.41. The highest BCUT2D eigenvalue weighted by Gasteiger charge is 1.97. The van der Waals surface area contributed by atoms with Crippen molar-refractivity contribution >= 4 is 0 Å². The van der Waals surface area contributed by atoms with Crippen LogP contribution < -0.4 is 0 Å². The fourth-order valence-electron chi connectivity index (χ4n) is 0.920. The molecule has 70 valence electrons. The Bertz CT molecular complexity index is 113. The Morgan fingerprint density at radius 3 is 2.42 bits per heavy atom. The minimum absolute atomic E-state index is 0.104. The van der Waals surface area contributed by atoms with Gasteiger partial charge < -0.3 is 9.84 Å². The van der Waals surface area contributed by atoms with Crippen LogP contribution in [-0.4, -0.2) is 24.9 Å². The van der Waals surface area contributed by atoms with Crippen LogP contribution in [0, 0.1) is 5.92 Å². The predicted molar refractivity (Wildman–Crippen MR) is 51.0 cm³/mol. The van der Waals surface area contributed by atoms with Crippen molar-refractivity contribution in [3.05, 3.63) is 25.3 Å². The van der Waals surface area contributed by atoms with Crippen LogP contribution in [-0.2, 0) is 4.74 Å². The average molecular weight is 170 g/mol. The van der Waals surface area contributed by atoms with Crippen molar-refractivity contribution in [2.45, 2.75) is 12.8 Å². The van der Waals surface area contributed by atoms with Gasteiger partial charge in [-0.3, -0.25) is 0 Å². The lowest BCUT2D eigenvalue weighted by atomic mass is 10.0. The maximum Gasteiger partial charge on any atom is 0.0697 e. The first-order valence-electron chi connectivity index (χ1n) is 4.28. The third-order valence-corrected chi connectivity index (χ3v) is 1.67. The standard InChI is InChI=1S/C10H18O2/c1-3-10(4-2)6-5-8-12-9-7-11/h3-4,10-11H,1-2,5-9H2. The molecule has 0 bridgehead atoms. The van der Waals surface area contributed by atoms with Gasteiger partial charge in [0, 0.05) is 6.61 Å². The largest absolute Gasteiger partial charge is 0.394 e. The van der Waals surface area contributed by atoms with Crippen LogP contribution in [0.1, 0.15) is 12.8 Å². The zero-order chi connectivity index (χ0) is 9.23. The number of allylic oxidation sites excluding steroid dienone is 2. The molecule has 0 fully saturated rings. The van der Waals surface area contributed by atoms with Gasteiger partial charge in [0.2, 0.25) is 0 Å². The third-order valence-electron chi connectivity index (χ3n) is 1.67. The summed E-state index contributed by atoms with van der Waals surface area (Å²) in [6.07, 6.45) is 5.79. The summed E-state index contributed by atoms with van der Waals surface area (Å²) in [6.45, 7) is 8.64. The molecule has 1 N–H and O–H groups in total. The molecular weight excluding hydrogens is 152 g/mol. The summed E-state index contributed by atoms with van der Waals surface area (Å²) in [5.74, 6) is 0.391. The van der Waals surface area contributed by atoms with Gasteiger partial charge in [0.15, 0.2) is 0 Å². The van der Waals surface area contributed by atoms with Gasteiger partial charge in [0.25, 0.3) is 0 Å². The second-order valence-electron chi connectivity index (χ2n) is 2.61. The fraction of sp³-hybridized carbons (Fsp3) is 0.600. The summed E-state index contributed by atoms with van der Waals surface area (Å²) in [4.78, 5) is 0. The van der Waals surface area contributed by atoms with E-state index in [0.29, 0.717) is 19.1 Å². The van der Waals surface area contributed by atoms with Gasteiger partial charge in [0.1, 0.15) is 0 Å². The Kier molecular flexibility index (Phi) is 8.07. The minimum atomic E-state index is 0.104. The summed E-state index contributed by atoms with van der Waals surface area (Å²) < 4.78 is 5.10. The Morgan fingerprint density at radius 1 is 1.25 bits per heavy atom. The zero-order valence-corrected chi connectivity index (χ0v) is 7.54.